The number of nitriles is 1. The van der Waals surface area contributed by atoms with E-state index < -0.39 is 15.8 Å². The maximum absolute atomic E-state index is 14.3. The highest BCUT2D eigenvalue weighted by Crippen LogP contribution is 2.29. The van der Waals surface area contributed by atoms with Crippen LogP contribution in [0, 0.1) is 17.1 Å². The summed E-state index contributed by atoms with van der Waals surface area (Å²) in [5, 5.41) is 11.8. The van der Waals surface area contributed by atoms with Gasteiger partial charge in [-0.15, -0.1) is 12.4 Å². The molecule has 1 heterocycles. The van der Waals surface area contributed by atoms with Crippen molar-refractivity contribution in [2.75, 3.05) is 7.05 Å². The number of rotatable bonds is 5. The zero-order valence-corrected chi connectivity index (χ0v) is 16.0. The zero-order valence-electron chi connectivity index (χ0n) is 14.4. The van der Waals surface area contributed by atoms with Gasteiger partial charge in [0.25, 0.3) is 10.0 Å². The van der Waals surface area contributed by atoms with Crippen LogP contribution in [0.5, 0.6) is 0 Å². The molecule has 0 aliphatic heterocycles. The molecule has 3 aromatic rings. The van der Waals surface area contributed by atoms with Crippen LogP contribution >= 0.6 is 12.4 Å². The van der Waals surface area contributed by atoms with E-state index >= 15 is 0 Å². The third kappa shape index (κ3) is 4.03. The van der Waals surface area contributed by atoms with Gasteiger partial charge < -0.3 is 5.32 Å². The average Bonchev–Trinajstić information content (AvgIpc) is 3.07. The van der Waals surface area contributed by atoms with E-state index in [1.165, 1.54) is 36.5 Å². The lowest BCUT2D eigenvalue weighted by molar-refractivity contribution is 0.587. The summed E-state index contributed by atoms with van der Waals surface area (Å²) in [7, 11) is -2.20. The molecule has 0 saturated carbocycles. The molecular weight excluding hydrogens is 389 g/mol. The summed E-state index contributed by atoms with van der Waals surface area (Å²) in [4.78, 5) is 0.0284. The number of hydrogen-bond donors (Lipinski definition) is 1. The molecule has 140 valence electrons. The number of halogens is 2. The van der Waals surface area contributed by atoms with E-state index in [2.05, 4.69) is 5.32 Å². The molecule has 5 nitrogen and oxygen atoms in total. The Bertz CT molecular complexity index is 1090. The molecule has 0 bridgehead atoms. The van der Waals surface area contributed by atoms with Crippen LogP contribution in [0.25, 0.3) is 11.3 Å². The van der Waals surface area contributed by atoms with Gasteiger partial charge >= 0.3 is 0 Å². The van der Waals surface area contributed by atoms with Crippen LogP contribution in [0.3, 0.4) is 0 Å². The zero-order chi connectivity index (χ0) is 18.7. The van der Waals surface area contributed by atoms with Gasteiger partial charge in [-0.1, -0.05) is 12.1 Å². The normalized spacial score (nSPS) is 10.9. The van der Waals surface area contributed by atoms with Gasteiger partial charge in [-0.05, 0) is 55.1 Å². The Labute approximate surface area is 163 Å². The van der Waals surface area contributed by atoms with Gasteiger partial charge in [-0.2, -0.15) is 5.26 Å². The Kier molecular flexibility index (Phi) is 6.39. The average molecular weight is 406 g/mol. The summed E-state index contributed by atoms with van der Waals surface area (Å²) < 4.78 is 41.6. The molecule has 0 spiro atoms. The van der Waals surface area contributed by atoms with Crippen LogP contribution < -0.4 is 5.32 Å². The number of nitrogens with one attached hydrogen (secondary N) is 1. The summed E-state index contributed by atoms with van der Waals surface area (Å²) in [6, 6.07) is 15.3. The fourth-order valence-electron chi connectivity index (χ4n) is 2.68. The van der Waals surface area contributed by atoms with Crippen LogP contribution in [-0.4, -0.2) is 19.4 Å². The fraction of sp³-hybridized carbons (Fsp3) is 0.105. The topological polar surface area (TPSA) is 74.9 Å². The molecule has 0 aliphatic rings. The van der Waals surface area contributed by atoms with Crippen LogP contribution in [0.4, 0.5) is 4.39 Å². The molecule has 0 aliphatic carbocycles. The highest BCUT2D eigenvalue weighted by molar-refractivity contribution is 7.90. The van der Waals surface area contributed by atoms with Crippen LogP contribution in [0.2, 0.25) is 0 Å². The first-order chi connectivity index (χ1) is 12.5. The Morgan fingerprint density at radius 3 is 2.41 bits per heavy atom. The standard InChI is InChI=1S/C19H16FN3O2S.ClH/c1-22-12-15-10-19(17-4-2-3-5-18(17)20)23(13-15)26(24,25)16-8-6-14(11-21)7-9-16;/h2-10,13,22H,12H2,1H3;1H. The highest BCUT2D eigenvalue weighted by atomic mass is 35.5. The molecule has 0 amide bonds. The van der Waals surface area contributed by atoms with Crippen molar-refractivity contribution >= 4 is 22.4 Å². The first kappa shape index (κ1) is 20.6. The maximum atomic E-state index is 14.3. The largest absolute Gasteiger partial charge is 0.316 e. The number of aromatic nitrogens is 1. The lowest BCUT2D eigenvalue weighted by Gasteiger charge is -2.11. The summed E-state index contributed by atoms with van der Waals surface area (Å²) >= 11 is 0. The van der Waals surface area contributed by atoms with Crippen molar-refractivity contribution in [3.05, 3.63) is 77.7 Å². The minimum Gasteiger partial charge on any atom is -0.316 e. The molecule has 3 rings (SSSR count). The molecule has 1 N–H and O–H groups in total. The smallest absolute Gasteiger partial charge is 0.268 e. The molecule has 2 aromatic carbocycles. The second-order valence-corrected chi connectivity index (χ2v) is 7.50. The molecule has 0 fully saturated rings. The van der Waals surface area contributed by atoms with Gasteiger partial charge in [0.05, 0.1) is 22.2 Å². The summed E-state index contributed by atoms with van der Waals surface area (Å²) in [6.45, 7) is 0.442. The van der Waals surface area contributed by atoms with Crippen molar-refractivity contribution in [1.82, 2.24) is 9.29 Å². The Morgan fingerprint density at radius 1 is 1.15 bits per heavy atom. The quantitative estimate of drug-likeness (QED) is 0.704. The van der Waals surface area contributed by atoms with E-state index in [9.17, 15) is 12.8 Å². The molecule has 0 atom stereocenters. The van der Waals surface area contributed by atoms with Crippen LogP contribution in [0.1, 0.15) is 11.1 Å². The van der Waals surface area contributed by atoms with E-state index in [0.717, 1.165) is 3.97 Å². The van der Waals surface area contributed by atoms with Crippen molar-refractivity contribution in [1.29, 1.82) is 5.26 Å². The van der Waals surface area contributed by atoms with E-state index in [1.54, 1.807) is 31.3 Å². The Morgan fingerprint density at radius 2 is 1.81 bits per heavy atom. The minimum absolute atomic E-state index is 0. The first-order valence-electron chi connectivity index (χ1n) is 7.84. The monoisotopic (exact) mass is 405 g/mol. The summed E-state index contributed by atoms with van der Waals surface area (Å²) in [5.41, 5.74) is 1.52. The van der Waals surface area contributed by atoms with Gasteiger partial charge in [-0.3, -0.25) is 0 Å². The maximum Gasteiger partial charge on any atom is 0.268 e. The van der Waals surface area contributed by atoms with Gasteiger partial charge in [0.1, 0.15) is 5.82 Å². The van der Waals surface area contributed by atoms with E-state index in [0.29, 0.717) is 17.7 Å². The van der Waals surface area contributed by atoms with E-state index in [-0.39, 0.29) is 28.6 Å². The van der Waals surface area contributed by atoms with Gasteiger partial charge in [0, 0.05) is 18.3 Å². The lowest BCUT2D eigenvalue weighted by atomic mass is 10.1. The molecule has 27 heavy (non-hydrogen) atoms. The van der Waals surface area contributed by atoms with Gasteiger partial charge in [-0.25, -0.2) is 16.8 Å². The number of nitrogens with zero attached hydrogens (tertiary/aromatic N) is 2. The molecule has 1 aromatic heterocycles. The Balaban J connectivity index is 0.00000261. The summed E-state index contributed by atoms with van der Waals surface area (Å²) in [5.74, 6) is -0.502. The van der Waals surface area contributed by atoms with Gasteiger partial charge in [0.2, 0.25) is 0 Å². The Hall–Kier alpha value is -2.66. The van der Waals surface area contributed by atoms with E-state index in [4.69, 9.17) is 5.26 Å². The molecule has 0 saturated heterocycles. The van der Waals surface area contributed by atoms with Crippen LogP contribution in [-0.2, 0) is 16.6 Å². The third-order valence-electron chi connectivity index (χ3n) is 3.91. The molecule has 8 heteroatoms. The predicted octanol–water partition coefficient (Wildman–Crippen LogP) is 3.54. The first-order valence-corrected chi connectivity index (χ1v) is 9.28. The molecule has 0 radical (unpaired) electrons. The predicted molar refractivity (Wildman–Crippen MR) is 104 cm³/mol. The molecular formula is C19H17ClFN3O2S. The number of benzene rings is 2. The van der Waals surface area contributed by atoms with E-state index in [1.807, 2.05) is 6.07 Å². The van der Waals surface area contributed by atoms with Crippen molar-refractivity contribution in [3.63, 3.8) is 0 Å². The van der Waals surface area contributed by atoms with Gasteiger partial charge in [0.15, 0.2) is 0 Å². The SMILES string of the molecule is CNCc1cc(-c2ccccc2F)n(S(=O)(=O)c2ccc(C#N)cc2)c1.Cl. The van der Waals surface area contributed by atoms with Crippen molar-refractivity contribution < 1.29 is 12.8 Å². The van der Waals surface area contributed by atoms with Crippen LogP contribution in [0.15, 0.2) is 65.7 Å². The van der Waals surface area contributed by atoms with Crippen molar-refractivity contribution in [2.45, 2.75) is 11.4 Å². The highest BCUT2D eigenvalue weighted by Gasteiger charge is 2.23. The molecule has 0 unspecified atom stereocenters. The fourth-order valence-corrected chi connectivity index (χ4v) is 4.07. The van der Waals surface area contributed by atoms with Crippen molar-refractivity contribution in [2.24, 2.45) is 0 Å². The minimum atomic E-state index is -3.94. The second kappa shape index (κ2) is 8.35. The van der Waals surface area contributed by atoms with Crippen molar-refractivity contribution in [3.8, 4) is 17.3 Å². The summed E-state index contributed by atoms with van der Waals surface area (Å²) in [6.07, 6.45) is 1.48. The third-order valence-corrected chi connectivity index (χ3v) is 5.60. The number of hydrogen-bond acceptors (Lipinski definition) is 4. The lowest BCUT2D eigenvalue weighted by Crippen LogP contribution is -2.13. The second-order valence-electron chi connectivity index (χ2n) is 5.68.